The van der Waals surface area contributed by atoms with Crippen molar-refractivity contribution in [1.29, 1.82) is 5.26 Å². The van der Waals surface area contributed by atoms with Gasteiger partial charge >= 0.3 is 5.97 Å². The molecule has 1 rings (SSSR count). The highest BCUT2D eigenvalue weighted by atomic mass is 16.5. The van der Waals surface area contributed by atoms with Crippen LogP contribution in [0.25, 0.3) is 6.08 Å². The first-order valence-corrected chi connectivity index (χ1v) is 6.36. The summed E-state index contributed by atoms with van der Waals surface area (Å²) in [6.45, 7) is 5.89. The fourth-order valence-corrected chi connectivity index (χ4v) is 1.56. The zero-order valence-corrected chi connectivity index (χ0v) is 12.1. The molecule has 1 aromatic rings. The zero-order valence-electron chi connectivity index (χ0n) is 12.1. The van der Waals surface area contributed by atoms with Gasteiger partial charge in [0.25, 0.3) is 0 Å². The number of benzene rings is 1. The monoisotopic (exact) mass is 287 g/mol. The van der Waals surface area contributed by atoms with Crippen molar-refractivity contribution >= 4 is 12.0 Å². The smallest absolute Gasteiger partial charge is 0.349 e. The SMILES string of the molecule is C=CCOC(=O)/C(C#N)=C/c1ccc(OCC)c(OC)c1. The molecule has 110 valence electrons. The van der Waals surface area contributed by atoms with Gasteiger partial charge in [-0.25, -0.2) is 4.79 Å². The molecule has 0 bridgehead atoms. The van der Waals surface area contributed by atoms with E-state index in [2.05, 4.69) is 6.58 Å². The van der Waals surface area contributed by atoms with E-state index in [9.17, 15) is 4.79 Å². The molecule has 0 aliphatic carbocycles. The third-order valence-electron chi connectivity index (χ3n) is 2.47. The summed E-state index contributed by atoms with van der Waals surface area (Å²) in [5.41, 5.74) is 0.547. The molecule has 0 aromatic heterocycles. The van der Waals surface area contributed by atoms with Crippen molar-refractivity contribution in [2.24, 2.45) is 0 Å². The lowest BCUT2D eigenvalue weighted by Gasteiger charge is -2.09. The molecule has 0 aliphatic rings. The second kappa shape index (κ2) is 8.43. The molecule has 0 spiro atoms. The fourth-order valence-electron chi connectivity index (χ4n) is 1.56. The average Bonchev–Trinajstić information content (AvgIpc) is 2.51. The number of hydrogen-bond acceptors (Lipinski definition) is 5. The highest BCUT2D eigenvalue weighted by Gasteiger charge is 2.11. The maximum atomic E-state index is 11.6. The molecule has 0 aliphatic heterocycles. The van der Waals surface area contributed by atoms with Gasteiger partial charge in [-0.15, -0.1) is 0 Å². The Bertz CT molecular complexity index is 584. The molecular formula is C16H17NO4. The number of rotatable bonds is 7. The molecule has 0 amide bonds. The molecule has 0 saturated carbocycles. The summed E-state index contributed by atoms with van der Waals surface area (Å²) in [5, 5.41) is 9.02. The summed E-state index contributed by atoms with van der Waals surface area (Å²) in [6.07, 6.45) is 2.87. The minimum Gasteiger partial charge on any atom is -0.493 e. The van der Waals surface area contributed by atoms with Crippen LogP contribution in [0.1, 0.15) is 12.5 Å². The number of ether oxygens (including phenoxy) is 3. The Morgan fingerprint density at radius 3 is 2.76 bits per heavy atom. The number of carbonyl (C=O) groups excluding carboxylic acids is 1. The lowest BCUT2D eigenvalue weighted by molar-refractivity contribution is -0.137. The van der Waals surface area contributed by atoms with Gasteiger partial charge in [0.05, 0.1) is 13.7 Å². The molecule has 0 heterocycles. The van der Waals surface area contributed by atoms with Crippen LogP contribution in [0.5, 0.6) is 11.5 Å². The van der Waals surface area contributed by atoms with E-state index in [1.165, 1.54) is 19.3 Å². The first-order chi connectivity index (χ1) is 10.2. The number of nitriles is 1. The van der Waals surface area contributed by atoms with E-state index in [0.29, 0.717) is 23.7 Å². The third-order valence-corrected chi connectivity index (χ3v) is 2.47. The topological polar surface area (TPSA) is 68.6 Å². The van der Waals surface area contributed by atoms with E-state index < -0.39 is 5.97 Å². The van der Waals surface area contributed by atoms with Gasteiger partial charge in [0, 0.05) is 0 Å². The fraction of sp³-hybridized carbons (Fsp3) is 0.250. The molecule has 0 unspecified atom stereocenters. The number of hydrogen-bond donors (Lipinski definition) is 0. The molecular weight excluding hydrogens is 270 g/mol. The lowest BCUT2D eigenvalue weighted by Crippen LogP contribution is -2.06. The van der Waals surface area contributed by atoms with Crippen LogP contribution >= 0.6 is 0 Å². The van der Waals surface area contributed by atoms with E-state index in [1.807, 2.05) is 13.0 Å². The van der Waals surface area contributed by atoms with Crippen molar-refractivity contribution in [2.75, 3.05) is 20.3 Å². The van der Waals surface area contributed by atoms with Crippen LogP contribution in [-0.4, -0.2) is 26.3 Å². The Labute approximate surface area is 124 Å². The Morgan fingerprint density at radius 2 is 2.19 bits per heavy atom. The minimum atomic E-state index is -0.690. The van der Waals surface area contributed by atoms with Gasteiger partial charge in [0.15, 0.2) is 11.5 Å². The van der Waals surface area contributed by atoms with Crippen LogP contribution in [0, 0.1) is 11.3 Å². The summed E-state index contributed by atoms with van der Waals surface area (Å²) in [7, 11) is 1.52. The standard InChI is InChI=1S/C16H17NO4/c1-4-8-21-16(18)13(11-17)9-12-6-7-14(20-5-2)15(10-12)19-3/h4,6-7,9-10H,1,5,8H2,2-3H3/b13-9+. The van der Waals surface area contributed by atoms with Crippen molar-refractivity contribution in [3.8, 4) is 17.6 Å². The van der Waals surface area contributed by atoms with Crippen LogP contribution in [0.2, 0.25) is 0 Å². The Kier molecular flexibility index (Phi) is 6.55. The van der Waals surface area contributed by atoms with Crippen molar-refractivity contribution in [1.82, 2.24) is 0 Å². The lowest BCUT2D eigenvalue weighted by atomic mass is 10.1. The summed E-state index contributed by atoms with van der Waals surface area (Å²) in [4.78, 5) is 11.6. The first kappa shape index (κ1) is 16.3. The van der Waals surface area contributed by atoms with Gasteiger partial charge in [-0.2, -0.15) is 5.26 Å². The Morgan fingerprint density at radius 1 is 1.43 bits per heavy atom. The van der Waals surface area contributed by atoms with E-state index in [4.69, 9.17) is 19.5 Å². The average molecular weight is 287 g/mol. The molecule has 0 atom stereocenters. The van der Waals surface area contributed by atoms with Crippen LogP contribution in [0.4, 0.5) is 0 Å². The summed E-state index contributed by atoms with van der Waals surface area (Å²) in [5.74, 6) is 0.442. The number of methoxy groups -OCH3 is 1. The predicted molar refractivity (Wildman–Crippen MR) is 78.9 cm³/mol. The van der Waals surface area contributed by atoms with Gasteiger partial charge in [0.2, 0.25) is 0 Å². The summed E-state index contributed by atoms with van der Waals surface area (Å²) >= 11 is 0. The van der Waals surface area contributed by atoms with Crippen LogP contribution in [-0.2, 0) is 9.53 Å². The third kappa shape index (κ3) is 4.69. The van der Waals surface area contributed by atoms with Gasteiger partial charge in [0.1, 0.15) is 18.2 Å². The van der Waals surface area contributed by atoms with Gasteiger partial charge in [-0.3, -0.25) is 0 Å². The van der Waals surface area contributed by atoms with Gasteiger partial charge < -0.3 is 14.2 Å². The number of carbonyl (C=O) groups is 1. The Balaban J connectivity index is 3.03. The molecule has 0 radical (unpaired) electrons. The molecule has 5 heteroatoms. The van der Waals surface area contributed by atoms with E-state index >= 15 is 0 Å². The van der Waals surface area contributed by atoms with Crippen molar-refractivity contribution in [3.63, 3.8) is 0 Å². The normalized spacial score (nSPS) is 10.4. The Hall–Kier alpha value is -2.74. The maximum absolute atomic E-state index is 11.6. The molecule has 1 aromatic carbocycles. The largest absolute Gasteiger partial charge is 0.493 e. The number of nitrogens with zero attached hydrogens (tertiary/aromatic N) is 1. The summed E-state index contributed by atoms with van der Waals surface area (Å²) < 4.78 is 15.4. The zero-order chi connectivity index (χ0) is 15.7. The van der Waals surface area contributed by atoms with E-state index in [1.54, 1.807) is 18.2 Å². The van der Waals surface area contributed by atoms with Crippen LogP contribution < -0.4 is 9.47 Å². The predicted octanol–water partition coefficient (Wildman–Crippen LogP) is 2.73. The highest BCUT2D eigenvalue weighted by Crippen LogP contribution is 2.28. The van der Waals surface area contributed by atoms with E-state index in [0.717, 1.165) is 0 Å². The molecule has 0 saturated heterocycles. The van der Waals surface area contributed by atoms with Crippen molar-refractivity contribution in [2.45, 2.75) is 6.92 Å². The second-order valence-electron chi connectivity index (χ2n) is 3.90. The minimum absolute atomic E-state index is 0.0600. The molecule has 21 heavy (non-hydrogen) atoms. The quantitative estimate of drug-likeness (QED) is 0.334. The molecule has 0 fully saturated rings. The summed E-state index contributed by atoms with van der Waals surface area (Å²) in [6, 6.07) is 6.95. The number of esters is 1. The van der Waals surface area contributed by atoms with Gasteiger partial charge in [-0.1, -0.05) is 18.7 Å². The van der Waals surface area contributed by atoms with E-state index in [-0.39, 0.29) is 12.2 Å². The van der Waals surface area contributed by atoms with Crippen LogP contribution in [0.15, 0.2) is 36.4 Å². The van der Waals surface area contributed by atoms with Crippen LogP contribution in [0.3, 0.4) is 0 Å². The highest BCUT2D eigenvalue weighted by molar-refractivity contribution is 5.98. The van der Waals surface area contributed by atoms with Crippen molar-refractivity contribution in [3.05, 3.63) is 42.0 Å². The van der Waals surface area contributed by atoms with Gasteiger partial charge in [-0.05, 0) is 30.7 Å². The first-order valence-electron chi connectivity index (χ1n) is 6.36. The maximum Gasteiger partial charge on any atom is 0.349 e. The molecule has 0 N–H and O–H groups in total. The second-order valence-corrected chi connectivity index (χ2v) is 3.90. The van der Waals surface area contributed by atoms with Crippen molar-refractivity contribution < 1.29 is 19.0 Å². The molecule has 5 nitrogen and oxygen atoms in total.